The van der Waals surface area contributed by atoms with Gasteiger partial charge in [0.1, 0.15) is 0 Å². The summed E-state index contributed by atoms with van der Waals surface area (Å²) in [5.41, 5.74) is -0.0819. The van der Waals surface area contributed by atoms with Crippen LogP contribution in [0.1, 0.15) is 65.7 Å². The van der Waals surface area contributed by atoms with Crippen LogP contribution >= 0.6 is 0 Å². The Kier molecular flexibility index (Phi) is 5.26. The molecule has 0 saturated heterocycles. The molecule has 1 aliphatic carbocycles. The van der Waals surface area contributed by atoms with E-state index in [1.165, 1.54) is 32.1 Å². The van der Waals surface area contributed by atoms with Crippen LogP contribution in [0.3, 0.4) is 0 Å². The fraction of sp³-hybridized carbons (Fsp3) is 1.00. The van der Waals surface area contributed by atoms with Crippen molar-refractivity contribution in [2.45, 2.75) is 71.3 Å². The van der Waals surface area contributed by atoms with E-state index in [0.29, 0.717) is 5.41 Å². The zero-order chi connectivity index (χ0) is 12.1. The molecule has 0 aliphatic heterocycles. The Bertz CT molecular complexity index is 193. The summed E-state index contributed by atoms with van der Waals surface area (Å²) >= 11 is 0. The van der Waals surface area contributed by atoms with E-state index in [1.807, 2.05) is 0 Å². The van der Waals surface area contributed by atoms with Gasteiger partial charge in [-0.15, -0.1) is 0 Å². The Balaban J connectivity index is 2.29. The predicted molar refractivity (Wildman–Crippen MR) is 69.6 cm³/mol. The third-order valence-corrected chi connectivity index (χ3v) is 4.05. The summed E-state index contributed by atoms with van der Waals surface area (Å²) < 4.78 is 0. The van der Waals surface area contributed by atoms with Gasteiger partial charge < -0.3 is 10.4 Å². The standard InChI is InChI=1S/C14H29NO/c1-4-13(2,3)11-15-12-14(16)9-7-5-6-8-10-14/h15-16H,4-12H2,1-3H3. The molecule has 0 aromatic heterocycles. The molecule has 1 rings (SSSR count). The summed E-state index contributed by atoms with van der Waals surface area (Å²) in [5, 5.41) is 13.9. The minimum Gasteiger partial charge on any atom is -0.389 e. The van der Waals surface area contributed by atoms with E-state index >= 15 is 0 Å². The van der Waals surface area contributed by atoms with Gasteiger partial charge in [0.15, 0.2) is 0 Å². The first-order chi connectivity index (χ1) is 7.47. The third kappa shape index (κ3) is 4.84. The van der Waals surface area contributed by atoms with Crippen molar-refractivity contribution < 1.29 is 5.11 Å². The van der Waals surface area contributed by atoms with Crippen molar-refractivity contribution in [2.75, 3.05) is 13.1 Å². The fourth-order valence-electron chi connectivity index (χ4n) is 2.32. The van der Waals surface area contributed by atoms with Crippen molar-refractivity contribution in [3.8, 4) is 0 Å². The van der Waals surface area contributed by atoms with Gasteiger partial charge >= 0.3 is 0 Å². The normalized spacial score (nSPS) is 21.8. The second kappa shape index (κ2) is 6.02. The highest BCUT2D eigenvalue weighted by Gasteiger charge is 2.28. The van der Waals surface area contributed by atoms with E-state index in [4.69, 9.17) is 0 Å². The van der Waals surface area contributed by atoms with Crippen LogP contribution in [0.25, 0.3) is 0 Å². The van der Waals surface area contributed by atoms with Crippen molar-refractivity contribution in [1.82, 2.24) is 5.32 Å². The Morgan fingerprint density at radius 2 is 1.69 bits per heavy atom. The molecule has 0 unspecified atom stereocenters. The largest absolute Gasteiger partial charge is 0.389 e. The average Bonchev–Trinajstić information content (AvgIpc) is 2.43. The molecule has 0 amide bonds. The highest BCUT2D eigenvalue weighted by molar-refractivity contribution is 4.84. The Hall–Kier alpha value is -0.0800. The minimum atomic E-state index is -0.430. The van der Waals surface area contributed by atoms with Crippen molar-refractivity contribution in [3.63, 3.8) is 0 Å². The maximum atomic E-state index is 10.5. The van der Waals surface area contributed by atoms with Crippen LogP contribution in [0.4, 0.5) is 0 Å². The van der Waals surface area contributed by atoms with E-state index in [-0.39, 0.29) is 0 Å². The van der Waals surface area contributed by atoms with E-state index in [1.54, 1.807) is 0 Å². The summed E-state index contributed by atoms with van der Waals surface area (Å²) in [6.07, 6.45) is 8.10. The van der Waals surface area contributed by atoms with Gasteiger partial charge in [0.25, 0.3) is 0 Å². The first kappa shape index (κ1) is 14.0. The summed E-state index contributed by atoms with van der Waals surface area (Å²) in [6.45, 7) is 8.55. The highest BCUT2D eigenvalue weighted by atomic mass is 16.3. The molecule has 2 nitrogen and oxygen atoms in total. The smallest absolute Gasteiger partial charge is 0.0771 e. The van der Waals surface area contributed by atoms with Gasteiger partial charge in [-0.2, -0.15) is 0 Å². The second-order valence-corrected chi connectivity index (χ2v) is 6.26. The van der Waals surface area contributed by atoms with Crippen molar-refractivity contribution in [2.24, 2.45) is 5.41 Å². The quantitative estimate of drug-likeness (QED) is 0.707. The molecule has 2 N–H and O–H groups in total. The molecule has 0 spiro atoms. The van der Waals surface area contributed by atoms with Gasteiger partial charge in [-0.3, -0.25) is 0 Å². The fourth-order valence-corrected chi connectivity index (χ4v) is 2.32. The van der Waals surface area contributed by atoms with Gasteiger partial charge in [-0.1, -0.05) is 46.5 Å². The van der Waals surface area contributed by atoms with Gasteiger partial charge in [0.2, 0.25) is 0 Å². The van der Waals surface area contributed by atoms with Crippen molar-refractivity contribution in [3.05, 3.63) is 0 Å². The van der Waals surface area contributed by atoms with Crippen LogP contribution in [-0.2, 0) is 0 Å². The van der Waals surface area contributed by atoms with E-state index in [9.17, 15) is 5.11 Å². The number of nitrogens with one attached hydrogen (secondary N) is 1. The number of hydrogen-bond donors (Lipinski definition) is 2. The molecular formula is C14H29NO. The molecule has 1 saturated carbocycles. The first-order valence-corrected chi connectivity index (χ1v) is 6.91. The van der Waals surface area contributed by atoms with Crippen molar-refractivity contribution >= 4 is 0 Å². The Labute approximate surface area is 101 Å². The molecule has 0 atom stereocenters. The van der Waals surface area contributed by atoms with Crippen LogP contribution in [0, 0.1) is 5.41 Å². The molecule has 16 heavy (non-hydrogen) atoms. The molecule has 0 aromatic rings. The number of hydrogen-bond acceptors (Lipinski definition) is 2. The molecule has 1 aliphatic rings. The van der Waals surface area contributed by atoms with Crippen LogP contribution in [0.15, 0.2) is 0 Å². The maximum absolute atomic E-state index is 10.5. The summed E-state index contributed by atoms with van der Waals surface area (Å²) in [5.74, 6) is 0. The lowest BCUT2D eigenvalue weighted by Crippen LogP contribution is -2.43. The molecule has 0 heterocycles. The number of rotatable bonds is 5. The lowest BCUT2D eigenvalue weighted by atomic mass is 9.89. The predicted octanol–water partition coefficient (Wildman–Crippen LogP) is 3.10. The summed E-state index contributed by atoms with van der Waals surface area (Å²) in [6, 6.07) is 0. The first-order valence-electron chi connectivity index (χ1n) is 6.91. The van der Waals surface area contributed by atoms with Crippen LogP contribution in [-0.4, -0.2) is 23.8 Å². The maximum Gasteiger partial charge on any atom is 0.0771 e. The van der Waals surface area contributed by atoms with Crippen molar-refractivity contribution in [1.29, 1.82) is 0 Å². The van der Waals surface area contributed by atoms with Gasteiger partial charge in [-0.05, 0) is 24.7 Å². The monoisotopic (exact) mass is 227 g/mol. The molecular weight excluding hydrogens is 198 g/mol. The zero-order valence-corrected chi connectivity index (χ0v) is 11.3. The highest BCUT2D eigenvalue weighted by Crippen LogP contribution is 2.26. The summed E-state index contributed by atoms with van der Waals surface area (Å²) in [4.78, 5) is 0. The average molecular weight is 227 g/mol. The Morgan fingerprint density at radius 3 is 2.19 bits per heavy atom. The Morgan fingerprint density at radius 1 is 1.12 bits per heavy atom. The summed E-state index contributed by atoms with van der Waals surface area (Å²) in [7, 11) is 0. The van der Waals surface area contributed by atoms with E-state index < -0.39 is 5.60 Å². The molecule has 1 fully saturated rings. The van der Waals surface area contributed by atoms with Gasteiger partial charge in [0.05, 0.1) is 5.60 Å². The van der Waals surface area contributed by atoms with E-state index in [2.05, 4.69) is 26.1 Å². The SMILES string of the molecule is CCC(C)(C)CNCC1(O)CCCCCC1. The second-order valence-electron chi connectivity index (χ2n) is 6.26. The molecule has 0 bridgehead atoms. The van der Waals surface area contributed by atoms with Crippen LogP contribution < -0.4 is 5.32 Å². The van der Waals surface area contributed by atoms with Gasteiger partial charge in [0, 0.05) is 13.1 Å². The lowest BCUT2D eigenvalue weighted by molar-refractivity contribution is 0.0233. The number of aliphatic hydroxyl groups is 1. The van der Waals surface area contributed by atoms with Crippen LogP contribution in [0.5, 0.6) is 0 Å². The molecule has 2 heteroatoms. The van der Waals surface area contributed by atoms with Crippen LogP contribution in [0.2, 0.25) is 0 Å². The molecule has 0 radical (unpaired) electrons. The lowest BCUT2D eigenvalue weighted by Gasteiger charge is -2.30. The third-order valence-electron chi connectivity index (χ3n) is 4.05. The van der Waals surface area contributed by atoms with E-state index in [0.717, 1.165) is 25.9 Å². The zero-order valence-electron chi connectivity index (χ0n) is 11.3. The van der Waals surface area contributed by atoms with Gasteiger partial charge in [-0.25, -0.2) is 0 Å². The molecule has 96 valence electrons. The minimum absolute atomic E-state index is 0.348. The molecule has 0 aromatic carbocycles. The topological polar surface area (TPSA) is 32.3 Å².